The van der Waals surface area contributed by atoms with Crippen LogP contribution in [0.5, 0.6) is 0 Å². The van der Waals surface area contributed by atoms with Crippen molar-refractivity contribution in [1.29, 1.82) is 0 Å². The van der Waals surface area contributed by atoms with E-state index in [4.69, 9.17) is 4.42 Å². The molecule has 0 unspecified atom stereocenters. The van der Waals surface area contributed by atoms with Gasteiger partial charge in [0.05, 0.1) is 4.90 Å². The number of anilines is 1. The fraction of sp³-hybridized carbons (Fsp3) is 0.429. The SMILES string of the molecule is O=S(=O)(c1ccc2c(c1)CCCC2)N1CCCN(c2nc3ncccc3o2)CC1. The molecule has 152 valence electrons. The Morgan fingerprint density at radius 3 is 2.66 bits per heavy atom. The lowest BCUT2D eigenvalue weighted by atomic mass is 9.92. The Bertz CT molecular complexity index is 1110. The number of nitrogens with zero attached hydrogens (tertiary/aromatic N) is 4. The van der Waals surface area contributed by atoms with E-state index in [1.54, 1.807) is 16.6 Å². The summed E-state index contributed by atoms with van der Waals surface area (Å²) in [6.45, 7) is 2.14. The van der Waals surface area contributed by atoms with Crippen LogP contribution in [0, 0.1) is 0 Å². The number of aromatic nitrogens is 2. The molecule has 1 saturated heterocycles. The second-order valence-corrected chi connectivity index (χ2v) is 9.64. The van der Waals surface area contributed by atoms with Gasteiger partial charge in [-0.3, -0.25) is 0 Å². The maximum atomic E-state index is 13.3. The van der Waals surface area contributed by atoms with Crippen molar-refractivity contribution in [1.82, 2.24) is 14.3 Å². The molecular weight excluding hydrogens is 388 g/mol. The van der Waals surface area contributed by atoms with Crippen molar-refractivity contribution < 1.29 is 12.8 Å². The average molecular weight is 413 g/mol. The molecule has 1 aliphatic heterocycles. The number of hydrogen-bond donors (Lipinski definition) is 0. The van der Waals surface area contributed by atoms with Crippen LogP contribution in [-0.4, -0.2) is 48.9 Å². The fourth-order valence-corrected chi connectivity index (χ4v) is 5.76. The van der Waals surface area contributed by atoms with E-state index in [1.807, 2.05) is 29.2 Å². The normalized spacial score (nSPS) is 18.6. The third-order valence-corrected chi connectivity index (χ3v) is 7.73. The van der Waals surface area contributed by atoms with Gasteiger partial charge in [-0.1, -0.05) is 6.07 Å². The molecule has 3 heterocycles. The predicted octanol–water partition coefficient (Wildman–Crippen LogP) is 3.00. The lowest BCUT2D eigenvalue weighted by Crippen LogP contribution is -2.35. The van der Waals surface area contributed by atoms with Crippen molar-refractivity contribution >= 4 is 27.3 Å². The standard InChI is InChI=1S/C21H24N4O3S/c26-29(27,18-9-8-16-5-1-2-6-17(16)15-18)25-12-4-11-24(13-14-25)21-23-20-19(28-21)7-3-10-22-20/h3,7-10,15H,1-2,4-6,11-14H2. The maximum absolute atomic E-state index is 13.3. The van der Waals surface area contributed by atoms with Crippen molar-refractivity contribution in [3.63, 3.8) is 0 Å². The molecule has 29 heavy (non-hydrogen) atoms. The molecule has 2 aromatic heterocycles. The molecule has 0 bridgehead atoms. The summed E-state index contributed by atoms with van der Waals surface area (Å²) < 4.78 is 33.9. The average Bonchev–Trinajstić information content (AvgIpc) is 3.01. The summed E-state index contributed by atoms with van der Waals surface area (Å²) in [6.07, 6.45) is 6.74. The summed E-state index contributed by atoms with van der Waals surface area (Å²) in [5, 5.41) is 0. The van der Waals surface area contributed by atoms with Crippen molar-refractivity contribution in [2.45, 2.75) is 37.0 Å². The minimum absolute atomic E-state index is 0.408. The highest BCUT2D eigenvalue weighted by molar-refractivity contribution is 7.89. The molecule has 0 N–H and O–H groups in total. The number of sulfonamides is 1. The Labute approximate surface area is 170 Å². The zero-order chi connectivity index (χ0) is 19.8. The van der Waals surface area contributed by atoms with E-state index >= 15 is 0 Å². The number of benzene rings is 1. The van der Waals surface area contributed by atoms with Crippen LogP contribution in [0.2, 0.25) is 0 Å². The monoisotopic (exact) mass is 412 g/mol. The first-order valence-electron chi connectivity index (χ1n) is 10.2. The van der Waals surface area contributed by atoms with Crippen LogP contribution in [0.1, 0.15) is 30.4 Å². The summed E-state index contributed by atoms with van der Waals surface area (Å²) >= 11 is 0. The largest absolute Gasteiger partial charge is 0.422 e. The molecule has 0 saturated carbocycles. The van der Waals surface area contributed by atoms with E-state index in [0.717, 1.165) is 25.7 Å². The Hall–Kier alpha value is -2.45. The van der Waals surface area contributed by atoms with Crippen LogP contribution in [0.25, 0.3) is 11.2 Å². The van der Waals surface area contributed by atoms with E-state index < -0.39 is 10.0 Å². The maximum Gasteiger partial charge on any atom is 0.299 e. The fourth-order valence-electron chi connectivity index (χ4n) is 4.24. The zero-order valence-corrected chi connectivity index (χ0v) is 17.1. The third kappa shape index (κ3) is 3.51. The van der Waals surface area contributed by atoms with Gasteiger partial charge in [0.15, 0.2) is 5.58 Å². The van der Waals surface area contributed by atoms with Crippen LogP contribution in [-0.2, 0) is 22.9 Å². The number of oxazole rings is 1. The van der Waals surface area contributed by atoms with Gasteiger partial charge in [0, 0.05) is 32.4 Å². The molecule has 0 spiro atoms. The number of aryl methyl sites for hydroxylation is 2. The third-order valence-electron chi connectivity index (χ3n) is 5.84. The summed E-state index contributed by atoms with van der Waals surface area (Å²) in [5.74, 6) is 0. The van der Waals surface area contributed by atoms with Gasteiger partial charge >= 0.3 is 0 Å². The van der Waals surface area contributed by atoms with Crippen LogP contribution in [0.4, 0.5) is 6.01 Å². The van der Waals surface area contributed by atoms with Crippen LogP contribution < -0.4 is 4.90 Å². The molecule has 0 atom stereocenters. The van der Waals surface area contributed by atoms with Gasteiger partial charge in [0.25, 0.3) is 6.01 Å². The summed E-state index contributed by atoms with van der Waals surface area (Å²) in [4.78, 5) is 11.1. The van der Waals surface area contributed by atoms with Crippen LogP contribution in [0.15, 0.2) is 45.8 Å². The number of pyridine rings is 1. The summed E-state index contributed by atoms with van der Waals surface area (Å²) in [6, 6.07) is 9.81. The first-order valence-corrected chi connectivity index (χ1v) is 11.6. The molecule has 1 fully saturated rings. The lowest BCUT2D eigenvalue weighted by Gasteiger charge is -2.22. The Morgan fingerprint density at radius 1 is 0.931 bits per heavy atom. The molecule has 5 rings (SSSR count). The molecular formula is C21H24N4O3S. The van der Waals surface area contributed by atoms with Gasteiger partial charge in [0.1, 0.15) is 0 Å². The van der Waals surface area contributed by atoms with E-state index in [2.05, 4.69) is 9.97 Å². The van der Waals surface area contributed by atoms with Crippen molar-refractivity contribution in [3.05, 3.63) is 47.7 Å². The van der Waals surface area contributed by atoms with E-state index in [9.17, 15) is 8.42 Å². The van der Waals surface area contributed by atoms with Gasteiger partial charge in [-0.25, -0.2) is 13.4 Å². The Kier molecular flexibility index (Phi) is 4.75. The molecule has 3 aromatic rings. The van der Waals surface area contributed by atoms with Gasteiger partial charge in [-0.05, 0) is 67.5 Å². The van der Waals surface area contributed by atoms with Crippen molar-refractivity contribution in [2.24, 2.45) is 0 Å². The molecule has 7 nitrogen and oxygen atoms in total. The van der Waals surface area contributed by atoms with E-state index in [0.29, 0.717) is 48.3 Å². The quantitative estimate of drug-likeness (QED) is 0.658. The van der Waals surface area contributed by atoms with E-state index in [1.165, 1.54) is 17.5 Å². The number of hydrogen-bond acceptors (Lipinski definition) is 6. The Balaban J connectivity index is 1.35. The highest BCUT2D eigenvalue weighted by Crippen LogP contribution is 2.27. The first kappa shape index (κ1) is 18.6. The van der Waals surface area contributed by atoms with Crippen LogP contribution in [0.3, 0.4) is 0 Å². The predicted molar refractivity (Wildman–Crippen MR) is 110 cm³/mol. The Morgan fingerprint density at radius 2 is 1.79 bits per heavy atom. The highest BCUT2D eigenvalue weighted by atomic mass is 32.2. The molecule has 0 radical (unpaired) electrons. The number of fused-ring (bicyclic) bond motifs is 2. The van der Waals surface area contributed by atoms with Gasteiger partial charge in [-0.15, -0.1) is 0 Å². The zero-order valence-electron chi connectivity index (χ0n) is 16.2. The van der Waals surface area contributed by atoms with E-state index in [-0.39, 0.29) is 0 Å². The van der Waals surface area contributed by atoms with Gasteiger partial charge in [0.2, 0.25) is 15.7 Å². The van der Waals surface area contributed by atoms with Gasteiger partial charge in [-0.2, -0.15) is 9.29 Å². The minimum Gasteiger partial charge on any atom is -0.422 e. The summed E-state index contributed by atoms with van der Waals surface area (Å²) in [5.41, 5.74) is 3.70. The molecule has 8 heteroatoms. The molecule has 2 aliphatic rings. The van der Waals surface area contributed by atoms with Crippen molar-refractivity contribution in [2.75, 3.05) is 31.1 Å². The second-order valence-electron chi connectivity index (χ2n) is 7.70. The smallest absolute Gasteiger partial charge is 0.299 e. The highest BCUT2D eigenvalue weighted by Gasteiger charge is 2.29. The van der Waals surface area contributed by atoms with Gasteiger partial charge < -0.3 is 9.32 Å². The topological polar surface area (TPSA) is 79.5 Å². The van der Waals surface area contributed by atoms with Crippen LogP contribution >= 0.6 is 0 Å². The van der Waals surface area contributed by atoms with Crippen molar-refractivity contribution in [3.8, 4) is 0 Å². The molecule has 0 amide bonds. The minimum atomic E-state index is -3.51. The number of rotatable bonds is 3. The lowest BCUT2D eigenvalue weighted by molar-refractivity contribution is 0.432. The molecule has 1 aromatic carbocycles. The second kappa shape index (κ2) is 7.42. The molecule has 1 aliphatic carbocycles. The summed E-state index contributed by atoms with van der Waals surface area (Å²) in [7, 11) is -3.51. The first-order chi connectivity index (χ1) is 14.1.